The summed E-state index contributed by atoms with van der Waals surface area (Å²) in [6.45, 7) is 0.156. The standard InChI is InChI=1S/C3H9NO2S/c4-6-1-3(5)2-7/h3,5,7H,1-2,4H2/t3-/m0/s1. The van der Waals surface area contributed by atoms with Crippen molar-refractivity contribution in [3.8, 4) is 0 Å². The third kappa shape index (κ3) is 4.08. The van der Waals surface area contributed by atoms with E-state index in [-0.39, 0.29) is 6.61 Å². The van der Waals surface area contributed by atoms with E-state index in [1.807, 2.05) is 0 Å². The molecule has 4 heteroatoms. The predicted octanol–water partition coefficient (Wildman–Crippen LogP) is -0.833. The topological polar surface area (TPSA) is 55.5 Å². The highest BCUT2D eigenvalue weighted by Crippen LogP contribution is 1.83. The molecule has 0 spiro atoms. The van der Waals surface area contributed by atoms with Crippen LogP contribution in [-0.2, 0) is 4.84 Å². The van der Waals surface area contributed by atoms with Gasteiger partial charge in [-0.05, 0) is 0 Å². The van der Waals surface area contributed by atoms with Gasteiger partial charge in [0, 0.05) is 5.75 Å². The number of hydrogen-bond donors (Lipinski definition) is 3. The van der Waals surface area contributed by atoms with Crippen LogP contribution in [0.2, 0.25) is 0 Å². The van der Waals surface area contributed by atoms with Gasteiger partial charge in [0.15, 0.2) is 0 Å². The van der Waals surface area contributed by atoms with Crippen molar-refractivity contribution in [1.29, 1.82) is 0 Å². The summed E-state index contributed by atoms with van der Waals surface area (Å²) in [5.41, 5.74) is 0. The summed E-state index contributed by atoms with van der Waals surface area (Å²) in [5.74, 6) is 5.00. The van der Waals surface area contributed by atoms with Crippen LogP contribution < -0.4 is 5.90 Å². The monoisotopic (exact) mass is 123 g/mol. The van der Waals surface area contributed by atoms with Crippen LogP contribution in [0.4, 0.5) is 0 Å². The lowest BCUT2D eigenvalue weighted by atomic mass is 10.4. The maximum atomic E-state index is 8.58. The van der Waals surface area contributed by atoms with Crippen molar-refractivity contribution in [1.82, 2.24) is 0 Å². The lowest BCUT2D eigenvalue weighted by molar-refractivity contribution is 0.0489. The molecule has 0 aliphatic carbocycles. The van der Waals surface area contributed by atoms with Crippen LogP contribution in [-0.4, -0.2) is 23.6 Å². The van der Waals surface area contributed by atoms with E-state index >= 15 is 0 Å². The fraction of sp³-hybridized carbons (Fsp3) is 1.00. The van der Waals surface area contributed by atoms with Gasteiger partial charge in [-0.25, -0.2) is 5.90 Å². The van der Waals surface area contributed by atoms with E-state index in [4.69, 9.17) is 5.11 Å². The molecule has 0 aromatic carbocycles. The van der Waals surface area contributed by atoms with Crippen molar-refractivity contribution >= 4 is 12.6 Å². The van der Waals surface area contributed by atoms with Gasteiger partial charge in [0.05, 0.1) is 12.7 Å². The Morgan fingerprint density at radius 2 is 2.43 bits per heavy atom. The molecule has 0 unspecified atom stereocenters. The quantitative estimate of drug-likeness (QED) is 0.339. The third-order valence-corrected chi connectivity index (χ3v) is 0.921. The van der Waals surface area contributed by atoms with Crippen molar-refractivity contribution in [2.24, 2.45) is 5.90 Å². The number of hydrogen-bond acceptors (Lipinski definition) is 4. The van der Waals surface area contributed by atoms with Crippen LogP contribution in [0.5, 0.6) is 0 Å². The van der Waals surface area contributed by atoms with Crippen LogP contribution >= 0.6 is 12.6 Å². The second-order valence-electron chi connectivity index (χ2n) is 1.17. The molecule has 0 radical (unpaired) electrons. The van der Waals surface area contributed by atoms with Gasteiger partial charge < -0.3 is 9.94 Å². The molecular weight excluding hydrogens is 114 g/mol. The number of aliphatic hydroxyl groups excluding tert-OH is 1. The Balaban J connectivity index is 2.83. The summed E-state index contributed by atoms with van der Waals surface area (Å²) in [7, 11) is 0. The predicted molar refractivity (Wildman–Crippen MR) is 30.0 cm³/mol. The Bertz CT molecular complexity index is 43.9. The van der Waals surface area contributed by atoms with Crippen LogP contribution in [0.3, 0.4) is 0 Å². The maximum absolute atomic E-state index is 8.58. The lowest BCUT2D eigenvalue weighted by Crippen LogP contribution is -2.19. The fourth-order valence-electron chi connectivity index (χ4n) is 0.164. The van der Waals surface area contributed by atoms with Gasteiger partial charge in [-0.3, -0.25) is 0 Å². The Hall–Kier alpha value is 0.230. The van der Waals surface area contributed by atoms with Crippen molar-refractivity contribution in [3.05, 3.63) is 0 Å². The molecular formula is C3H9NO2S. The molecule has 0 bridgehead atoms. The van der Waals surface area contributed by atoms with E-state index in [1.54, 1.807) is 0 Å². The minimum Gasteiger partial charge on any atom is -0.390 e. The van der Waals surface area contributed by atoms with E-state index in [2.05, 4.69) is 23.4 Å². The molecule has 0 saturated heterocycles. The molecule has 0 rings (SSSR count). The Morgan fingerprint density at radius 1 is 1.86 bits per heavy atom. The molecule has 7 heavy (non-hydrogen) atoms. The number of thiol groups is 1. The van der Waals surface area contributed by atoms with Crippen LogP contribution in [0.1, 0.15) is 0 Å². The van der Waals surface area contributed by atoms with Crippen molar-refractivity contribution in [2.45, 2.75) is 6.10 Å². The summed E-state index contributed by atoms with van der Waals surface area (Å²) >= 11 is 3.76. The van der Waals surface area contributed by atoms with E-state index in [0.717, 1.165) is 0 Å². The molecule has 0 aromatic heterocycles. The zero-order valence-corrected chi connectivity index (χ0v) is 4.77. The molecule has 0 aliphatic rings. The van der Waals surface area contributed by atoms with Gasteiger partial charge in [-0.2, -0.15) is 12.6 Å². The SMILES string of the molecule is NOC[C@H](O)CS. The van der Waals surface area contributed by atoms with E-state index < -0.39 is 6.10 Å². The Kier molecular flexibility index (Phi) is 4.53. The molecule has 0 heterocycles. The molecule has 0 fully saturated rings. The summed E-state index contributed by atoms with van der Waals surface area (Å²) in [4.78, 5) is 4.10. The van der Waals surface area contributed by atoms with Gasteiger partial charge in [0.25, 0.3) is 0 Å². The highest BCUT2D eigenvalue weighted by atomic mass is 32.1. The number of nitrogens with two attached hydrogens (primary N) is 1. The summed E-state index contributed by atoms with van der Waals surface area (Å²) in [6.07, 6.45) is -0.534. The first-order chi connectivity index (χ1) is 3.31. The van der Waals surface area contributed by atoms with Crippen molar-refractivity contribution in [3.63, 3.8) is 0 Å². The molecule has 0 saturated carbocycles. The Labute approximate surface area is 47.8 Å². The minimum absolute atomic E-state index is 0.156. The number of aliphatic hydroxyl groups is 1. The fourth-order valence-corrected chi connectivity index (χ4v) is 0.269. The van der Waals surface area contributed by atoms with E-state index in [9.17, 15) is 0 Å². The normalized spacial score (nSPS) is 14.1. The molecule has 0 aliphatic heterocycles. The van der Waals surface area contributed by atoms with Gasteiger partial charge in [0.1, 0.15) is 0 Å². The van der Waals surface area contributed by atoms with Crippen molar-refractivity contribution in [2.75, 3.05) is 12.4 Å². The maximum Gasteiger partial charge on any atom is 0.0946 e. The zero-order valence-electron chi connectivity index (χ0n) is 3.87. The van der Waals surface area contributed by atoms with Gasteiger partial charge >= 0.3 is 0 Å². The van der Waals surface area contributed by atoms with Crippen LogP contribution in [0.25, 0.3) is 0 Å². The average Bonchev–Trinajstić information content (AvgIpc) is 1.68. The van der Waals surface area contributed by atoms with E-state index in [1.165, 1.54) is 0 Å². The highest BCUT2D eigenvalue weighted by Gasteiger charge is 1.96. The second kappa shape index (κ2) is 4.39. The summed E-state index contributed by atoms with van der Waals surface area (Å²) in [6, 6.07) is 0. The van der Waals surface area contributed by atoms with E-state index in [0.29, 0.717) is 5.75 Å². The molecule has 0 amide bonds. The smallest absolute Gasteiger partial charge is 0.0946 e. The third-order valence-electron chi connectivity index (χ3n) is 0.499. The molecule has 3 nitrogen and oxygen atoms in total. The average molecular weight is 123 g/mol. The summed E-state index contributed by atoms with van der Waals surface area (Å²) in [5, 5.41) is 8.58. The first-order valence-corrected chi connectivity index (χ1v) is 2.55. The molecule has 0 aromatic rings. The zero-order chi connectivity index (χ0) is 5.70. The minimum atomic E-state index is -0.534. The van der Waals surface area contributed by atoms with Gasteiger partial charge in [-0.1, -0.05) is 0 Å². The van der Waals surface area contributed by atoms with Crippen molar-refractivity contribution < 1.29 is 9.94 Å². The van der Waals surface area contributed by atoms with Gasteiger partial charge in [0.2, 0.25) is 0 Å². The second-order valence-corrected chi connectivity index (χ2v) is 1.53. The van der Waals surface area contributed by atoms with Gasteiger partial charge in [-0.15, -0.1) is 0 Å². The molecule has 1 atom stereocenters. The Morgan fingerprint density at radius 3 is 2.57 bits per heavy atom. The number of rotatable bonds is 3. The first-order valence-electron chi connectivity index (χ1n) is 1.92. The lowest BCUT2D eigenvalue weighted by Gasteiger charge is -2.01. The summed E-state index contributed by atoms with van der Waals surface area (Å²) < 4.78 is 0. The largest absolute Gasteiger partial charge is 0.390 e. The highest BCUT2D eigenvalue weighted by molar-refractivity contribution is 7.80. The first kappa shape index (κ1) is 7.23. The molecule has 44 valence electrons. The van der Waals surface area contributed by atoms with Crippen LogP contribution in [0.15, 0.2) is 0 Å². The van der Waals surface area contributed by atoms with Crippen LogP contribution in [0, 0.1) is 0 Å². The molecule has 3 N–H and O–H groups in total.